The van der Waals surface area contributed by atoms with Gasteiger partial charge in [-0.1, -0.05) is 13.3 Å². The first-order valence-electron chi connectivity index (χ1n) is 6.62. The van der Waals surface area contributed by atoms with Gasteiger partial charge in [0.25, 0.3) is 5.91 Å². The summed E-state index contributed by atoms with van der Waals surface area (Å²) in [6, 6.07) is 3.51. The number of nitrogen functional groups attached to an aromatic ring is 1. The predicted molar refractivity (Wildman–Crippen MR) is 72.3 cm³/mol. The highest BCUT2D eigenvalue weighted by Crippen LogP contribution is 2.27. The van der Waals surface area contributed by atoms with Crippen LogP contribution in [-0.4, -0.2) is 29.4 Å². The summed E-state index contributed by atoms with van der Waals surface area (Å²) in [6.07, 6.45) is 4.58. The summed E-state index contributed by atoms with van der Waals surface area (Å²) in [5, 5.41) is 0. The van der Waals surface area contributed by atoms with Crippen molar-refractivity contribution in [2.75, 3.05) is 19.3 Å². The molecule has 1 heterocycles. The lowest BCUT2D eigenvalue weighted by molar-refractivity contribution is 0.0745. The minimum atomic E-state index is 0.0469. The second-order valence-corrected chi connectivity index (χ2v) is 5.11. The largest absolute Gasteiger partial charge is 0.384 e. The Bertz CT molecular complexity index is 441. The average molecular weight is 247 g/mol. The van der Waals surface area contributed by atoms with E-state index in [4.69, 9.17) is 5.73 Å². The van der Waals surface area contributed by atoms with Crippen molar-refractivity contribution in [3.8, 4) is 0 Å². The zero-order valence-electron chi connectivity index (χ0n) is 11.1. The van der Waals surface area contributed by atoms with Gasteiger partial charge < -0.3 is 10.6 Å². The highest BCUT2D eigenvalue weighted by molar-refractivity contribution is 5.94. The number of anilines is 1. The molecule has 1 saturated carbocycles. The van der Waals surface area contributed by atoms with E-state index in [-0.39, 0.29) is 5.91 Å². The number of nitrogens with zero attached hydrogens (tertiary/aromatic N) is 2. The van der Waals surface area contributed by atoms with Gasteiger partial charge >= 0.3 is 0 Å². The number of hydrogen-bond donors (Lipinski definition) is 1. The summed E-state index contributed by atoms with van der Waals surface area (Å²) in [5.74, 6) is 1.16. The van der Waals surface area contributed by atoms with Gasteiger partial charge in [0.1, 0.15) is 5.82 Å². The number of pyridine rings is 1. The maximum atomic E-state index is 12.3. The number of carbonyl (C=O) groups excluding carboxylic acids is 1. The third-order valence-electron chi connectivity index (χ3n) is 3.61. The fraction of sp³-hybridized carbons (Fsp3) is 0.571. The summed E-state index contributed by atoms with van der Waals surface area (Å²) in [4.78, 5) is 18.3. The Balaban J connectivity index is 2.08. The SMILES string of the molecule is CCc1cc(C(=O)N(C)CC2CCC2)cc(N)n1. The van der Waals surface area contributed by atoms with Crippen LogP contribution in [0, 0.1) is 5.92 Å². The van der Waals surface area contributed by atoms with Crippen molar-refractivity contribution >= 4 is 11.7 Å². The molecule has 4 heteroatoms. The number of carbonyl (C=O) groups is 1. The Labute approximate surface area is 108 Å². The van der Waals surface area contributed by atoms with Crippen LogP contribution < -0.4 is 5.73 Å². The van der Waals surface area contributed by atoms with Crippen LogP contribution in [0.15, 0.2) is 12.1 Å². The van der Waals surface area contributed by atoms with E-state index < -0.39 is 0 Å². The van der Waals surface area contributed by atoms with Crippen LogP contribution in [0.5, 0.6) is 0 Å². The normalized spacial score (nSPS) is 15.2. The van der Waals surface area contributed by atoms with E-state index >= 15 is 0 Å². The Morgan fingerprint density at radius 3 is 2.78 bits per heavy atom. The molecule has 4 nitrogen and oxygen atoms in total. The smallest absolute Gasteiger partial charge is 0.253 e. The molecule has 0 unspecified atom stereocenters. The fourth-order valence-electron chi connectivity index (χ4n) is 2.28. The van der Waals surface area contributed by atoms with Crippen molar-refractivity contribution in [1.29, 1.82) is 0 Å². The number of aryl methyl sites for hydroxylation is 1. The molecule has 1 fully saturated rings. The topological polar surface area (TPSA) is 59.2 Å². The Morgan fingerprint density at radius 2 is 2.22 bits per heavy atom. The second kappa shape index (κ2) is 5.38. The van der Waals surface area contributed by atoms with Crippen molar-refractivity contribution in [1.82, 2.24) is 9.88 Å². The molecular formula is C14H21N3O. The third kappa shape index (κ3) is 2.81. The van der Waals surface area contributed by atoms with E-state index in [0.29, 0.717) is 17.3 Å². The summed E-state index contributed by atoms with van der Waals surface area (Å²) in [7, 11) is 1.86. The van der Waals surface area contributed by atoms with Crippen molar-refractivity contribution in [3.63, 3.8) is 0 Å². The molecule has 0 atom stereocenters. The van der Waals surface area contributed by atoms with Crippen LogP contribution in [0.3, 0.4) is 0 Å². The van der Waals surface area contributed by atoms with Crippen molar-refractivity contribution in [2.24, 2.45) is 5.92 Å². The first-order chi connectivity index (χ1) is 8.60. The van der Waals surface area contributed by atoms with Gasteiger partial charge in [-0.05, 0) is 37.3 Å². The maximum absolute atomic E-state index is 12.3. The molecular weight excluding hydrogens is 226 g/mol. The van der Waals surface area contributed by atoms with E-state index in [1.165, 1.54) is 19.3 Å². The van der Waals surface area contributed by atoms with Gasteiger partial charge in [-0.3, -0.25) is 4.79 Å². The molecule has 0 bridgehead atoms. The zero-order valence-corrected chi connectivity index (χ0v) is 11.1. The van der Waals surface area contributed by atoms with Crippen molar-refractivity contribution < 1.29 is 4.79 Å². The minimum Gasteiger partial charge on any atom is -0.384 e. The van der Waals surface area contributed by atoms with E-state index in [2.05, 4.69) is 4.98 Å². The third-order valence-corrected chi connectivity index (χ3v) is 3.61. The first-order valence-corrected chi connectivity index (χ1v) is 6.62. The standard InChI is InChI=1S/C14H21N3O/c1-3-12-7-11(8-13(15)16-12)14(18)17(2)9-10-5-4-6-10/h7-8,10H,3-6,9H2,1-2H3,(H2,15,16). The average Bonchev–Trinajstić information content (AvgIpc) is 2.31. The van der Waals surface area contributed by atoms with Gasteiger partial charge in [0.15, 0.2) is 0 Å². The lowest BCUT2D eigenvalue weighted by atomic mass is 9.85. The van der Waals surface area contributed by atoms with Gasteiger partial charge in [0.2, 0.25) is 0 Å². The quantitative estimate of drug-likeness (QED) is 0.886. The Morgan fingerprint density at radius 1 is 1.50 bits per heavy atom. The van der Waals surface area contributed by atoms with Gasteiger partial charge in [0.05, 0.1) is 0 Å². The summed E-state index contributed by atoms with van der Waals surface area (Å²) in [5.41, 5.74) is 7.25. The maximum Gasteiger partial charge on any atom is 0.253 e. The molecule has 2 rings (SSSR count). The molecule has 2 N–H and O–H groups in total. The second-order valence-electron chi connectivity index (χ2n) is 5.11. The van der Waals surface area contributed by atoms with Gasteiger partial charge in [0, 0.05) is 24.8 Å². The molecule has 18 heavy (non-hydrogen) atoms. The predicted octanol–water partition coefficient (Wildman–Crippen LogP) is 2.10. The molecule has 1 aromatic rings. The number of nitrogens with two attached hydrogens (primary N) is 1. The fourth-order valence-corrected chi connectivity index (χ4v) is 2.28. The summed E-state index contributed by atoms with van der Waals surface area (Å²) < 4.78 is 0. The van der Waals surface area contributed by atoms with Crippen LogP contribution in [-0.2, 0) is 6.42 Å². The van der Waals surface area contributed by atoms with E-state index in [1.807, 2.05) is 20.0 Å². The number of hydrogen-bond acceptors (Lipinski definition) is 3. The lowest BCUT2D eigenvalue weighted by Crippen LogP contribution is -2.34. The lowest BCUT2D eigenvalue weighted by Gasteiger charge is -2.30. The first kappa shape index (κ1) is 12.9. The number of rotatable bonds is 4. The highest BCUT2D eigenvalue weighted by Gasteiger charge is 2.22. The van der Waals surface area contributed by atoms with Crippen LogP contribution in [0.1, 0.15) is 42.2 Å². The molecule has 0 radical (unpaired) electrons. The Kier molecular flexibility index (Phi) is 3.84. The molecule has 0 aromatic carbocycles. The zero-order chi connectivity index (χ0) is 13.1. The van der Waals surface area contributed by atoms with Crippen molar-refractivity contribution in [2.45, 2.75) is 32.6 Å². The molecule has 1 aliphatic rings. The number of amides is 1. The summed E-state index contributed by atoms with van der Waals surface area (Å²) in [6.45, 7) is 2.86. The molecule has 0 saturated heterocycles. The highest BCUT2D eigenvalue weighted by atomic mass is 16.2. The van der Waals surface area contributed by atoms with E-state index in [9.17, 15) is 4.79 Å². The molecule has 1 amide bonds. The van der Waals surface area contributed by atoms with Gasteiger partial charge in [-0.2, -0.15) is 0 Å². The monoisotopic (exact) mass is 247 g/mol. The molecule has 0 spiro atoms. The molecule has 0 aliphatic heterocycles. The summed E-state index contributed by atoms with van der Waals surface area (Å²) >= 11 is 0. The van der Waals surface area contributed by atoms with E-state index in [1.54, 1.807) is 11.0 Å². The van der Waals surface area contributed by atoms with Crippen LogP contribution in [0.2, 0.25) is 0 Å². The van der Waals surface area contributed by atoms with Crippen LogP contribution in [0.4, 0.5) is 5.82 Å². The van der Waals surface area contributed by atoms with Gasteiger partial charge in [-0.15, -0.1) is 0 Å². The van der Waals surface area contributed by atoms with Gasteiger partial charge in [-0.25, -0.2) is 4.98 Å². The molecule has 98 valence electrons. The van der Waals surface area contributed by atoms with Crippen molar-refractivity contribution in [3.05, 3.63) is 23.4 Å². The Hall–Kier alpha value is -1.58. The van der Waals surface area contributed by atoms with Crippen LogP contribution >= 0.6 is 0 Å². The molecule has 1 aromatic heterocycles. The van der Waals surface area contributed by atoms with E-state index in [0.717, 1.165) is 18.7 Å². The van der Waals surface area contributed by atoms with Crippen LogP contribution in [0.25, 0.3) is 0 Å². The molecule has 1 aliphatic carbocycles. The minimum absolute atomic E-state index is 0.0469. The number of aromatic nitrogens is 1.